The van der Waals surface area contributed by atoms with Crippen molar-refractivity contribution in [2.24, 2.45) is 0 Å². The number of rotatable bonds is 4. The Balaban J connectivity index is 2.80. The van der Waals surface area contributed by atoms with Gasteiger partial charge in [-0.1, -0.05) is 18.2 Å². The summed E-state index contributed by atoms with van der Waals surface area (Å²) >= 11 is 0. The molecular weight excluding hydrogens is 274 g/mol. The van der Waals surface area contributed by atoms with Crippen LogP contribution in [0.25, 0.3) is 0 Å². The molecule has 116 valence electrons. The SMILES string of the molecule is COC(=O)C(O)Cc1ccccc1NC(=O)OC(C)(C)C. The first-order valence-electron chi connectivity index (χ1n) is 6.56. The summed E-state index contributed by atoms with van der Waals surface area (Å²) in [5.41, 5.74) is 0.487. The van der Waals surface area contributed by atoms with Crippen molar-refractivity contribution in [2.75, 3.05) is 12.4 Å². The molecule has 6 nitrogen and oxygen atoms in total. The fourth-order valence-corrected chi connectivity index (χ4v) is 1.66. The van der Waals surface area contributed by atoms with Gasteiger partial charge in [-0.15, -0.1) is 0 Å². The number of carbonyl (C=O) groups is 2. The van der Waals surface area contributed by atoms with Gasteiger partial charge in [0.15, 0.2) is 6.10 Å². The summed E-state index contributed by atoms with van der Waals surface area (Å²) < 4.78 is 9.64. The summed E-state index contributed by atoms with van der Waals surface area (Å²) in [5, 5.41) is 12.3. The molecule has 0 aromatic heterocycles. The van der Waals surface area contributed by atoms with Crippen LogP contribution in [0.5, 0.6) is 0 Å². The number of benzene rings is 1. The number of hydrogen-bond donors (Lipinski definition) is 2. The van der Waals surface area contributed by atoms with Crippen molar-refractivity contribution < 1.29 is 24.2 Å². The molecule has 1 aromatic rings. The lowest BCUT2D eigenvalue weighted by Crippen LogP contribution is -2.28. The molecule has 1 aromatic carbocycles. The van der Waals surface area contributed by atoms with E-state index in [0.29, 0.717) is 11.3 Å². The van der Waals surface area contributed by atoms with Gasteiger partial charge in [-0.2, -0.15) is 0 Å². The van der Waals surface area contributed by atoms with E-state index in [1.807, 2.05) is 0 Å². The third-order valence-corrected chi connectivity index (χ3v) is 2.54. The molecule has 0 saturated carbocycles. The average Bonchev–Trinajstić information content (AvgIpc) is 2.37. The van der Waals surface area contributed by atoms with Crippen LogP contribution in [0.15, 0.2) is 24.3 Å². The number of amides is 1. The van der Waals surface area contributed by atoms with Gasteiger partial charge in [-0.3, -0.25) is 5.32 Å². The normalized spacial score (nSPS) is 12.4. The Morgan fingerprint density at radius 1 is 1.29 bits per heavy atom. The molecule has 0 saturated heterocycles. The van der Waals surface area contributed by atoms with E-state index in [9.17, 15) is 14.7 Å². The highest BCUT2D eigenvalue weighted by atomic mass is 16.6. The molecule has 0 bridgehead atoms. The van der Waals surface area contributed by atoms with Crippen molar-refractivity contribution in [3.63, 3.8) is 0 Å². The van der Waals surface area contributed by atoms with E-state index in [4.69, 9.17) is 4.74 Å². The number of aliphatic hydroxyl groups is 1. The molecule has 1 unspecified atom stereocenters. The van der Waals surface area contributed by atoms with Gasteiger partial charge >= 0.3 is 12.1 Å². The number of ether oxygens (including phenoxy) is 2. The van der Waals surface area contributed by atoms with E-state index in [1.54, 1.807) is 45.0 Å². The minimum absolute atomic E-state index is 0.0403. The predicted octanol–water partition coefficient (Wildman–Crippen LogP) is 2.11. The first-order chi connectivity index (χ1) is 9.73. The molecule has 0 radical (unpaired) electrons. The van der Waals surface area contributed by atoms with Crippen molar-refractivity contribution in [1.82, 2.24) is 0 Å². The highest BCUT2D eigenvalue weighted by molar-refractivity contribution is 5.86. The third kappa shape index (κ3) is 5.83. The van der Waals surface area contributed by atoms with E-state index in [2.05, 4.69) is 10.1 Å². The molecule has 0 aliphatic rings. The number of hydrogen-bond acceptors (Lipinski definition) is 5. The van der Waals surface area contributed by atoms with Crippen LogP contribution in [-0.4, -0.2) is 36.0 Å². The molecule has 6 heteroatoms. The number of para-hydroxylation sites is 1. The first kappa shape index (κ1) is 17.0. The summed E-state index contributed by atoms with van der Waals surface area (Å²) in [6.45, 7) is 5.29. The topological polar surface area (TPSA) is 84.9 Å². The van der Waals surface area contributed by atoms with Gasteiger partial charge in [0.2, 0.25) is 0 Å². The summed E-state index contributed by atoms with van der Waals surface area (Å²) in [6, 6.07) is 6.86. The van der Waals surface area contributed by atoms with Gasteiger partial charge in [0.25, 0.3) is 0 Å². The molecule has 1 rings (SSSR count). The van der Waals surface area contributed by atoms with Gasteiger partial charge in [0.1, 0.15) is 5.60 Å². The monoisotopic (exact) mass is 295 g/mol. The number of carbonyl (C=O) groups excluding carboxylic acids is 2. The fourth-order valence-electron chi connectivity index (χ4n) is 1.66. The maximum atomic E-state index is 11.8. The van der Waals surface area contributed by atoms with E-state index in [0.717, 1.165) is 0 Å². The van der Waals surface area contributed by atoms with Crippen LogP contribution >= 0.6 is 0 Å². The van der Waals surface area contributed by atoms with Crippen LogP contribution < -0.4 is 5.32 Å². The molecule has 0 heterocycles. The quantitative estimate of drug-likeness (QED) is 0.831. The zero-order chi connectivity index (χ0) is 16.0. The molecule has 0 aliphatic heterocycles. The Morgan fingerprint density at radius 3 is 2.48 bits per heavy atom. The number of methoxy groups -OCH3 is 1. The summed E-state index contributed by atoms with van der Waals surface area (Å²) in [4.78, 5) is 23.0. The van der Waals surface area contributed by atoms with Gasteiger partial charge in [0, 0.05) is 12.1 Å². The smallest absolute Gasteiger partial charge is 0.412 e. The lowest BCUT2D eigenvalue weighted by atomic mass is 10.1. The standard InChI is InChI=1S/C15H21NO5/c1-15(2,3)21-14(19)16-11-8-6-5-7-10(11)9-12(17)13(18)20-4/h5-8,12,17H,9H2,1-4H3,(H,16,19). The second-order valence-corrected chi connectivity index (χ2v) is 5.53. The van der Waals surface area contributed by atoms with Crippen molar-refractivity contribution >= 4 is 17.7 Å². The maximum Gasteiger partial charge on any atom is 0.412 e. The average molecular weight is 295 g/mol. The van der Waals surface area contributed by atoms with Crippen LogP contribution in [0.2, 0.25) is 0 Å². The Kier molecular flexibility index (Phi) is 5.72. The minimum Gasteiger partial charge on any atom is -0.467 e. The van der Waals surface area contributed by atoms with Crippen LogP contribution in [0.1, 0.15) is 26.3 Å². The van der Waals surface area contributed by atoms with Crippen molar-refractivity contribution in [3.8, 4) is 0 Å². The molecule has 0 aliphatic carbocycles. The van der Waals surface area contributed by atoms with E-state index < -0.39 is 23.8 Å². The van der Waals surface area contributed by atoms with Crippen molar-refractivity contribution in [3.05, 3.63) is 29.8 Å². The zero-order valence-electron chi connectivity index (χ0n) is 12.7. The minimum atomic E-state index is -1.28. The second-order valence-electron chi connectivity index (χ2n) is 5.53. The highest BCUT2D eigenvalue weighted by Crippen LogP contribution is 2.18. The highest BCUT2D eigenvalue weighted by Gasteiger charge is 2.20. The molecular formula is C15H21NO5. The predicted molar refractivity (Wildman–Crippen MR) is 78.0 cm³/mol. The van der Waals surface area contributed by atoms with Crippen LogP contribution in [0.4, 0.5) is 10.5 Å². The van der Waals surface area contributed by atoms with Crippen LogP contribution in [0.3, 0.4) is 0 Å². The molecule has 0 fully saturated rings. The Labute approximate surface area is 124 Å². The van der Waals surface area contributed by atoms with Crippen LogP contribution in [0, 0.1) is 0 Å². The Hall–Kier alpha value is -2.08. The number of aliphatic hydroxyl groups excluding tert-OH is 1. The van der Waals surface area contributed by atoms with Crippen molar-refractivity contribution in [2.45, 2.75) is 38.9 Å². The number of nitrogens with one attached hydrogen (secondary N) is 1. The van der Waals surface area contributed by atoms with E-state index in [-0.39, 0.29) is 6.42 Å². The van der Waals surface area contributed by atoms with Crippen LogP contribution in [-0.2, 0) is 20.7 Å². The summed E-state index contributed by atoms with van der Waals surface area (Å²) in [5.74, 6) is -0.720. The summed E-state index contributed by atoms with van der Waals surface area (Å²) in [6.07, 6.45) is -1.84. The van der Waals surface area contributed by atoms with E-state index in [1.165, 1.54) is 7.11 Å². The van der Waals surface area contributed by atoms with E-state index >= 15 is 0 Å². The maximum absolute atomic E-state index is 11.8. The molecule has 2 N–H and O–H groups in total. The second kappa shape index (κ2) is 7.08. The number of esters is 1. The summed E-state index contributed by atoms with van der Waals surface area (Å²) in [7, 11) is 1.20. The third-order valence-electron chi connectivity index (χ3n) is 2.54. The lowest BCUT2D eigenvalue weighted by molar-refractivity contribution is -0.150. The van der Waals surface area contributed by atoms with Gasteiger partial charge in [0.05, 0.1) is 7.11 Å². The Bertz CT molecular complexity index is 507. The molecule has 1 amide bonds. The molecule has 1 atom stereocenters. The first-order valence-corrected chi connectivity index (χ1v) is 6.56. The lowest BCUT2D eigenvalue weighted by Gasteiger charge is -2.20. The zero-order valence-corrected chi connectivity index (χ0v) is 12.7. The Morgan fingerprint density at radius 2 is 1.90 bits per heavy atom. The van der Waals surface area contributed by atoms with Crippen molar-refractivity contribution in [1.29, 1.82) is 0 Å². The molecule has 0 spiro atoms. The largest absolute Gasteiger partial charge is 0.467 e. The van der Waals surface area contributed by atoms with Gasteiger partial charge < -0.3 is 14.6 Å². The van der Waals surface area contributed by atoms with Gasteiger partial charge in [-0.05, 0) is 32.4 Å². The fraction of sp³-hybridized carbons (Fsp3) is 0.467. The molecule has 21 heavy (non-hydrogen) atoms. The number of anilines is 1. The van der Waals surface area contributed by atoms with Gasteiger partial charge in [-0.25, -0.2) is 9.59 Å².